The van der Waals surface area contributed by atoms with Crippen LogP contribution in [0, 0.1) is 5.82 Å². The first kappa shape index (κ1) is 15.3. The van der Waals surface area contributed by atoms with E-state index < -0.39 is 0 Å². The van der Waals surface area contributed by atoms with Gasteiger partial charge in [-0.25, -0.2) is 4.39 Å². The number of fused-ring (bicyclic) bond motifs is 1. The Labute approximate surface area is 134 Å². The van der Waals surface area contributed by atoms with Crippen LogP contribution in [0.3, 0.4) is 0 Å². The summed E-state index contributed by atoms with van der Waals surface area (Å²) in [6.07, 6.45) is 0.892. The fraction of sp³-hybridized carbons (Fsp3) is 0.278. The summed E-state index contributed by atoms with van der Waals surface area (Å²) in [5.41, 5.74) is 1.64. The molecule has 1 unspecified atom stereocenters. The Bertz CT molecular complexity index is 801. The van der Waals surface area contributed by atoms with Gasteiger partial charge in [0.05, 0.1) is 7.11 Å². The number of nitrogens with zero attached hydrogens (tertiary/aromatic N) is 1. The molecular formula is C18H19FN2O2. The summed E-state index contributed by atoms with van der Waals surface area (Å²) in [6.45, 7) is 2.72. The summed E-state index contributed by atoms with van der Waals surface area (Å²) in [7, 11) is 1.62. The van der Waals surface area contributed by atoms with Crippen molar-refractivity contribution in [2.24, 2.45) is 0 Å². The summed E-state index contributed by atoms with van der Waals surface area (Å²) in [4.78, 5) is 0. The molecule has 0 saturated carbocycles. The molecule has 3 aromatic rings. The Morgan fingerprint density at radius 2 is 2.09 bits per heavy atom. The molecule has 1 aromatic heterocycles. The molecule has 0 aliphatic heterocycles. The van der Waals surface area contributed by atoms with Crippen LogP contribution in [-0.2, 0) is 0 Å². The lowest BCUT2D eigenvalue weighted by molar-refractivity contribution is 0.419. The van der Waals surface area contributed by atoms with Crippen molar-refractivity contribution < 1.29 is 13.7 Å². The number of ether oxygens (including phenoxy) is 1. The average Bonchev–Trinajstić information content (AvgIpc) is 2.99. The highest BCUT2D eigenvalue weighted by Gasteiger charge is 2.15. The van der Waals surface area contributed by atoms with Gasteiger partial charge in [-0.2, -0.15) is 0 Å². The quantitative estimate of drug-likeness (QED) is 0.723. The first-order chi connectivity index (χ1) is 11.2. The van der Waals surface area contributed by atoms with E-state index in [1.54, 1.807) is 19.2 Å². The lowest BCUT2D eigenvalue weighted by Gasteiger charge is -2.16. The summed E-state index contributed by atoms with van der Waals surface area (Å²) in [5, 5.41) is 8.21. The summed E-state index contributed by atoms with van der Waals surface area (Å²) < 4.78 is 24.1. The minimum atomic E-state index is -0.213. The number of anilines is 1. The first-order valence-electron chi connectivity index (χ1n) is 7.64. The molecule has 5 heteroatoms. The Balaban J connectivity index is 1.82. The van der Waals surface area contributed by atoms with Crippen LogP contribution in [0.25, 0.3) is 11.0 Å². The van der Waals surface area contributed by atoms with Crippen molar-refractivity contribution in [3.8, 4) is 5.75 Å². The molecule has 0 radical (unpaired) electrons. The zero-order chi connectivity index (χ0) is 16.2. The third-order valence-corrected chi connectivity index (χ3v) is 4.01. The number of rotatable bonds is 6. The fourth-order valence-corrected chi connectivity index (χ4v) is 2.73. The zero-order valence-corrected chi connectivity index (χ0v) is 13.2. The van der Waals surface area contributed by atoms with E-state index in [1.807, 2.05) is 24.3 Å². The van der Waals surface area contributed by atoms with Gasteiger partial charge in [0.25, 0.3) is 0 Å². The van der Waals surface area contributed by atoms with Gasteiger partial charge in [0, 0.05) is 12.5 Å². The van der Waals surface area contributed by atoms with Crippen LogP contribution >= 0.6 is 0 Å². The van der Waals surface area contributed by atoms with Crippen LogP contribution in [0.4, 0.5) is 10.2 Å². The third-order valence-electron chi connectivity index (χ3n) is 4.01. The molecule has 120 valence electrons. The standard InChI is InChI=1S/C18H19FN2O2/c1-3-12(13-6-4-7-14(19)10-13)11-20-18-17-15(22-2)8-5-9-16(17)23-21-18/h4-10,12H,3,11H2,1-2H3,(H,20,21). The second-order valence-electron chi connectivity index (χ2n) is 5.41. The highest BCUT2D eigenvalue weighted by atomic mass is 19.1. The maximum atomic E-state index is 13.4. The predicted octanol–water partition coefficient (Wildman–Crippen LogP) is 4.58. The van der Waals surface area contributed by atoms with Crippen LogP contribution in [0.5, 0.6) is 5.75 Å². The molecule has 0 bridgehead atoms. The fourth-order valence-electron chi connectivity index (χ4n) is 2.73. The van der Waals surface area contributed by atoms with Crippen molar-refractivity contribution in [2.45, 2.75) is 19.3 Å². The highest BCUT2D eigenvalue weighted by molar-refractivity contribution is 5.93. The molecular weight excluding hydrogens is 295 g/mol. The van der Waals surface area contributed by atoms with Gasteiger partial charge in [-0.1, -0.05) is 30.3 Å². The van der Waals surface area contributed by atoms with Gasteiger partial charge in [0.1, 0.15) is 17.0 Å². The first-order valence-corrected chi connectivity index (χ1v) is 7.64. The highest BCUT2D eigenvalue weighted by Crippen LogP contribution is 2.32. The Morgan fingerprint density at radius 1 is 1.26 bits per heavy atom. The van der Waals surface area contributed by atoms with Gasteiger partial charge < -0.3 is 14.6 Å². The largest absolute Gasteiger partial charge is 0.496 e. The molecule has 0 aliphatic rings. The van der Waals surface area contributed by atoms with E-state index in [0.29, 0.717) is 23.7 Å². The number of benzene rings is 2. The molecule has 3 rings (SSSR count). The van der Waals surface area contributed by atoms with Crippen molar-refractivity contribution in [1.82, 2.24) is 5.16 Å². The van der Waals surface area contributed by atoms with Crippen LogP contribution in [0.1, 0.15) is 24.8 Å². The van der Waals surface area contributed by atoms with Gasteiger partial charge in [0.2, 0.25) is 0 Å². The van der Waals surface area contributed by atoms with Crippen molar-refractivity contribution in [2.75, 3.05) is 19.0 Å². The number of hydrogen-bond acceptors (Lipinski definition) is 4. The normalized spacial score (nSPS) is 12.3. The lowest BCUT2D eigenvalue weighted by atomic mass is 9.96. The van der Waals surface area contributed by atoms with E-state index >= 15 is 0 Å². The van der Waals surface area contributed by atoms with Gasteiger partial charge in [0.15, 0.2) is 11.4 Å². The molecule has 0 aliphatic carbocycles. The smallest absolute Gasteiger partial charge is 0.181 e. The molecule has 0 fully saturated rings. The summed E-state index contributed by atoms with van der Waals surface area (Å²) in [6, 6.07) is 12.3. The van der Waals surface area contributed by atoms with E-state index in [0.717, 1.165) is 17.4 Å². The maximum absolute atomic E-state index is 13.4. The Morgan fingerprint density at radius 3 is 2.83 bits per heavy atom. The lowest BCUT2D eigenvalue weighted by Crippen LogP contribution is -2.12. The van der Waals surface area contributed by atoms with E-state index in [4.69, 9.17) is 9.26 Å². The third kappa shape index (κ3) is 3.13. The van der Waals surface area contributed by atoms with E-state index in [2.05, 4.69) is 17.4 Å². The van der Waals surface area contributed by atoms with Gasteiger partial charge in [-0.3, -0.25) is 0 Å². The molecule has 0 spiro atoms. The molecule has 1 atom stereocenters. The van der Waals surface area contributed by atoms with Crippen molar-refractivity contribution in [1.29, 1.82) is 0 Å². The van der Waals surface area contributed by atoms with Crippen LogP contribution in [0.15, 0.2) is 47.0 Å². The van der Waals surface area contributed by atoms with Gasteiger partial charge in [-0.05, 0) is 36.2 Å². The Hall–Kier alpha value is -2.56. The molecule has 2 aromatic carbocycles. The van der Waals surface area contributed by atoms with E-state index in [1.165, 1.54) is 6.07 Å². The van der Waals surface area contributed by atoms with Crippen LogP contribution in [-0.4, -0.2) is 18.8 Å². The number of halogens is 1. The number of aromatic nitrogens is 1. The SMILES string of the molecule is CCC(CNc1noc2cccc(OC)c12)c1cccc(F)c1. The van der Waals surface area contributed by atoms with Crippen molar-refractivity contribution >= 4 is 16.8 Å². The molecule has 1 N–H and O–H groups in total. The predicted molar refractivity (Wildman–Crippen MR) is 88.5 cm³/mol. The number of hydrogen-bond donors (Lipinski definition) is 1. The number of methoxy groups -OCH3 is 1. The average molecular weight is 314 g/mol. The van der Waals surface area contributed by atoms with Crippen molar-refractivity contribution in [3.05, 3.63) is 53.8 Å². The van der Waals surface area contributed by atoms with E-state index in [-0.39, 0.29) is 11.7 Å². The van der Waals surface area contributed by atoms with Crippen LogP contribution < -0.4 is 10.1 Å². The van der Waals surface area contributed by atoms with Crippen molar-refractivity contribution in [3.63, 3.8) is 0 Å². The van der Waals surface area contributed by atoms with Crippen LogP contribution in [0.2, 0.25) is 0 Å². The summed E-state index contributed by atoms with van der Waals surface area (Å²) in [5.74, 6) is 1.33. The molecule has 0 saturated heterocycles. The minimum Gasteiger partial charge on any atom is -0.496 e. The second-order valence-corrected chi connectivity index (χ2v) is 5.41. The number of nitrogens with one attached hydrogen (secondary N) is 1. The monoisotopic (exact) mass is 314 g/mol. The molecule has 0 amide bonds. The van der Waals surface area contributed by atoms with E-state index in [9.17, 15) is 4.39 Å². The van der Waals surface area contributed by atoms with Gasteiger partial charge >= 0.3 is 0 Å². The topological polar surface area (TPSA) is 47.3 Å². The zero-order valence-electron chi connectivity index (χ0n) is 13.2. The minimum absolute atomic E-state index is 0.187. The molecule has 1 heterocycles. The molecule has 4 nitrogen and oxygen atoms in total. The second kappa shape index (κ2) is 6.69. The van der Waals surface area contributed by atoms with Gasteiger partial charge in [-0.15, -0.1) is 0 Å². The maximum Gasteiger partial charge on any atom is 0.181 e. The Kier molecular flexibility index (Phi) is 4.46. The molecule has 23 heavy (non-hydrogen) atoms. The summed E-state index contributed by atoms with van der Waals surface area (Å²) >= 11 is 0.